The van der Waals surface area contributed by atoms with E-state index in [9.17, 15) is 9.95 Å². The van der Waals surface area contributed by atoms with E-state index in [1.165, 1.54) is 28.5 Å². The predicted molar refractivity (Wildman–Crippen MR) is 113 cm³/mol. The van der Waals surface area contributed by atoms with E-state index in [0.717, 1.165) is 0 Å². The van der Waals surface area contributed by atoms with Gasteiger partial charge in [-0.3, -0.25) is 0 Å². The van der Waals surface area contributed by atoms with Crippen LogP contribution in [0.2, 0.25) is 0 Å². The topological polar surface area (TPSA) is 0 Å². The van der Waals surface area contributed by atoms with Gasteiger partial charge < -0.3 is 0 Å². The summed E-state index contributed by atoms with van der Waals surface area (Å²) in [6, 6.07) is 33.4. The second-order valence-corrected chi connectivity index (χ2v) is 11.9. The Morgan fingerprint density at radius 1 is 0.643 bits per heavy atom. The summed E-state index contributed by atoms with van der Waals surface area (Å²) in [5.41, 5.74) is 0. The Labute approximate surface area is 173 Å². The molecule has 3 aromatic rings. The molecule has 0 aliphatic carbocycles. The van der Waals surface area contributed by atoms with Gasteiger partial charge in [-0.1, -0.05) is 68.4 Å². The molecule has 0 fully saturated rings. The summed E-state index contributed by atoms with van der Waals surface area (Å²) in [6.45, 7) is 4.66. The molecule has 0 bridgehead atoms. The van der Waals surface area contributed by atoms with Crippen molar-refractivity contribution in [2.45, 2.75) is 20.3 Å². The van der Waals surface area contributed by atoms with Crippen molar-refractivity contribution in [1.82, 2.24) is 0 Å². The fourth-order valence-corrected chi connectivity index (χ4v) is 7.95. The van der Waals surface area contributed by atoms with E-state index in [4.69, 9.17) is 0 Å². The molecule has 0 aliphatic heterocycles. The molecule has 0 aromatic heterocycles. The molecule has 28 heavy (non-hydrogen) atoms. The monoisotopic (exact) mass is 454 g/mol. The molecule has 0 unspecified atom stereocenters. The van der Waals surface area contributed by atoms with Crippen LogP contribution in [0.1, 0.15) is 20.3 Å². The van der Waals surface area contributed by atoms with Crippen LogP contribution in [0.25, 0.3) is 0 Å². The standard InChI is InChI=1S/C23H26P.3FH.Zn/c1-20(2)18-19-24(21-12-6-3-7-13-21,22-14-8-4-9-15-22)23-16-10-5-11-17-23;;;;/h3-17,20H,18-19H2,1-2H3;3*1H;/q+1;;;;+2/p-3. The molecule has 0 spiro atoms. The van der Waals surface area contributed by atoms with Gasteiger partial charge in [0.25, 0.3) is 0 Å². The van der Waals surface area contributed by atoms with Crippen LogP contribution in [0.5, 0.6) is 0 Å². The quantitative estimate of drug-likeness (QED) is 0.303. The number of hydrogen-bond acceptors (Lipinski definition) is 0. The summed E-state index contributed by atoms with van der Waals surface area (Å²) in [5.74, 6) is 0.709. The summed E-state index contributed by atoms with van der Waals surface area (Å²) in [4.78, 5) is 0. The van der Waals surface area contributed by atoms with E-state index >= 15 is 0 Å². The maximum absolute atomic E-state index is 9.88. The van der Waals surface area contributed by atoms with E-state index in [2.05, 4.69) is 105 Å². The van der Waals surface area contributed by atoms with Crippen LogP contribution in [-0.4, -0.2) is 6.16 Å². The van der Waals surface area contributed by atoms with E-state index in [1.54, 1.807) is 0 Å². The minimum absolute atomic E-state index is 0.709. The average Bonchev–Trinajstić information content (AvgIpc) is 2.70. The first-order valence-electron chi connectivity index (χ1n) is 9.58. The molecule has 0 atom stereocenters. The molecule has 0 radical (unpaired) electrons. The van der Waals surface area contributed by atoms with Gasteiger partial charge in [0.05, 0.1) is 6.16 Å². The van der Waals surface area contributed by atoms with Gasteiger partial charge in [-0.05, 0) is 48.7 Å². The maximum atomic E-state index is 9.88. The molecule has 3 aromatic carbocycles. The third kappa shape index (κ3) is 6.26. The zero-order chi connectivity index (χ0) is 20.4. The van der Waals surface area contributed by atoms with E-state index in [1.807, 2.05) is 0 Å². The summed E-state index contributed by atoms with van der Waals surface area (Å²) < 4.78 is 29.6. The molecule has 146 valence electrons. The molecule has 3 rings (SSSR count). The Morgan fingerprint density at radius 2 is 0.929 bits per heavy atom. The number of rotatable bonds is 6. The van der Waals surface area contributed by atoms with Gasteiger partial charge in [0.2, 0.25) is 0 Å². The zero-order valence-electron chi connectivity index (χ0n) is 16.4. The Morgan fingerprint density at radius 3 is 1.18 bits per heavy atom. The van der Waals surface area contributed by atoms with Crippen molar-refractivity contribution in [3.8, 4) is 0 Å². The van der Waals surface area contributed by atoms with Crippen molar-refractivity contribution in [2.24, 2.45) is 5.92 Å². The van der Waals surface area contributed by atoms with Gasteiger partial charge in [0.1, 0.15) is 23.2 Å². The number of halogens is 3. The first-order chi connectivity index (χ1) is 13.5. The Balaban J connectivity index is 0.000000640. The molecule has 0 nitrogen and oxygen atoms in total. The normalized spacial score (nSPS) is 10.9. The molecule has 0 aliphatic rings. The van der Waals surface area contributed by atoms with Gasteiger partial charge >= 0.3 is 27.4 Å². The summed E-state index contributed by atoms with van der Waals surface area (Å²) >= 11 is -5.12. The number of benzene rings is 3. The first-order valence-corrected chi connectivity index (χ1v) is 14.9. The zero-order valence-corrected chi connectivity index (χ0v) is 20.3. The Bertz CT molecular complexity index is 696. The second-order valence-electron chi connectivity index (χ2n) is 7.03. The van der Waals surface area contributed by atoms with Gasteiger partial charge in [-0.25, -0.2) is 0 Å². The van der Waals surface area contributed by atoms with Crippen molar-refractivity contribution in [3.05, 3.63) is 91.0 Å². The number of hydrogen-bond donors (Lipinski definition) is 0. The molecule has 0 heterocycles. The van der Waals surface area contributed by atoms with Crippen molar-refractivity contribution in [1.29, 1.82) is 0 Å². The fourth-order valence-electron chi connectivity index (χ4n) is 3.33. The van der Waals surface area contributed by atoms with Crippen LogP contribution in [0.15, 0.2) is 91.0 Å². The molecular weight excluding hydrogens is 430 g/mol. The molecule has 5 heteroatoms. The van der Waals surface area contributed by atoms with Crippen LogP contribution < -0.4 is 15.9 Å². The molecular formula is C23H26F3PZn. The molecule has 0 N–H and O–H groups in total. The van der Waals surface area contributed by atoms with Crippen LogP contribution in [0.4, 0.5) is 9.95 Å². The van der Waals surface area contributed by atoms with Crippen LogP contribution in [0.3, 0.4) is 0 Å². The van der Waals surface area contributed by atoms with E-state index in [0.29, 0.717) is 5.92 Å². The molecule has 0 saturated heterocycles. The SMILES string of the molecule is CC(C)CC[P+](c1ccccc1)(c1ccccc1)c1ccccc1.[F][Zn-]([F])[F]. The second kappa shape index (κ2) is 11.5. The van der Waals surface area contributed by atoms with E-state index in [-0.39, 0.29) is 0 Å². The Hall–Kier alpha value is -1.50. The van der Waals surface area contributed by atoms with Crippen molar-refractivity contribution < 1.29 is 27.4 Å². The van der Waals surface area contributed by atoms with Gasteiger partial charge in [0, 0.05) is 0 Å². The Kier molecular flexibility index (Phi) is 9.35. The predicted octanol–water partition coefficient (Wildman–Crippen LogP) is 6.28. The van der Waals surface area contributed by atoms with Crippen LogP contribution >= 0.6 is 7.26 Å². The minimum atomic E-state index is -5.12. The third-order valence-corrected chi connectivity index (χ3v) is 9.10. The van der Waals surface area contributed by atoms with E-state index < -0.39 is 24.7 Å². The van der Waals surface area contributed by atoms with Crippen molar-refractivity contribution in [3.63, 3.8) is 0 Å². The van der Waals surface area contributed by atoms with Crippen molar-refractivity contribution in [2.75, 3.05) is 6.16 Å². The van der Waals surface area contributed by atoms with Gasteiger partial charge in [-0.15, -0.1) is 0 Å². The fraction of sp³-hybridized carbons (Fsp3) is 0.217. The van der Waals surface area contributed by atoms with Gasteiger partial charge in [-0.2, -0.15) is 0 Å². The summed E-state index contributed by atoms with van der Waals surface area (Å²) in [6.07, 6.45) is 2.47. The summed E-state index contributed by atoms with van der Waals surface area (Å²) in [7, 11) is -1.61. The average molecular weight is 456 g/mol. The third-order valence-electron chi connectivity index (χ3n) is 4.63. The van der Waals surface area contributed by atoms with Gasteiger partial charge in [0.15, 0.2) is 0 Å². The van der Waals surface area contributed by atoms with Crippen LogP contribution in [0, 0.1) is 5.92 Å². The molecule has 0 saturated carbocycles. The summed E-state index contributed by atoms with van der Waals surface area (Å²) in [5, 5.41) is 4.47. The van der Waals surface area contributed by atoms with Crippen LogP contribution in [-0.2, 0) is 17.4 Å². The first kappa shape index (κ1) is 22.8. The van der Waals surface area contributed by atoms with Crippen molar-refractivity contribution >= 4 is 23.2 Å². The molecule has 0 amide bonds.